The summed E-state index contributed by atoms with van der Waals surface area (Å²) in [7, 11) is 0. The SMILES string of the molecule is C=CCCCCCCC(C)CNCC(C)C. The second-order valence-corrected chi connectivity index (χ2v) is 5.44. The van der Waals surface area contributed by atoms with Crippen LogP contribution in [0.1, 0.15) is 59.3 Å². The molecule has 1 atom stereocenters. The molecule has 0 radical (unpaired) electrons. The second kappa shape index (κ2) is 11.2. The lowest BCUT2D eigenvalue weighted by Crippen LogP contribution is -2.25. The number of rotatable bonds is 11. The van der Waals surface area contributed by atoms with Crippen LogP contribution in [-0.4, -0.2) is 13.1 Å². The molecule has 0 saturated heterocycles. The zero-order valence-electron chi connectivity index (χ0n) is 11.6. The molecule has 0 aliphatic carbocycles. The van der Waals surface area contributed by atoms with Gasteiger partial charge in [0.1, 0.15) is 0 Å². The molecule has 0 saturated carbocycles. The van der Waals surface area contributed by atoms with Gasteiger partial charge in [-0.3, -0.25) is 0 Å². The second-order valence-electron chi connectivity index (χ2n) is 5.44. The van der Waals surface area contributed by atoms with E-state index in [1.807, 2.05) is 6.08 Å². The smallest absolute Gasteiger partial charge is 0.00230 e. The van der Waals surface area contributed by atoms with Gasteiger partial charge >= 0.3 is 0 Å². The molecular weight excluding hydrogens is 194 g/mol. The van der Waals surface area contributed by atoms with E-state index in [1.165, 1.54) is 45.1 Å². The summed E-state index contributed by atoms with van der Waals surface area (Å²) in [6, 6.07) is 0. The summed E-state index contributed by atoms with van der Waals surface area (Å²) >= 11 is 0. The molecule has 1 nitrogen and oxygen atoms in total. The third kappa shape index (κ3) is 11.8. The minimum Gasteiger partial charge on any atom is -0.316 e. The quantitative estimate of drug-likeness (QED) is 0.406. The molecule has 1 heteroatoms. The Morgan fingerprint density at radius 2 is 1.69 bits per heavy atom. The molecule has 1 unspecified atom stereocenters. The Labute approximate surface area is 103 Å². The van der Waals surface area contributed by atoms with E-state index in [1.54, 1.807) is 0 Å². The molecule has 1 N–H and O–H groups in total. The maximum absolute atomic E-state index is 3.75. The average molecular weight is 225 g/mol. The van der Waals surface area contributed by atoms with Crippen molar-refractivity contribution in [3.63, 3.8) is 0 Å². The molecule has 96 valence electrons. The Morgan fingerprint density at radius 1 is 1.00 bits per heavy atom. The first kappa shape index (κ1) is 15.7. The standard InChI is InChI=1S/C15H31N/c1-5-6-7-8-9-10-11-15(4)13-16-12-14(2)3/h5,14-16H,1,6-13H2,2-4H3. The minimum atomic E-state index is 0.770. The van der Waals surface area contributed by atoms with Crippen LogP contribution in [0, 0.1) is 11.8 Å². The fraction of sp³-hybridized carbons (Fsp3) is 0.867. The number of nitrogens with one attached hydrogen (secondary N) is 1. The van der Waals surface area contributed by atoms with E-state index in [9.17, 15) is 0 Å². The summed E-state index contributed by atoms with van der Waals surface area (Å²) in [5.74, 6) is 1.60. The summed E-state index contributed by atoms with van der Waals surface area (Å²) in [5, 5.41) is 3.53. The predicted octanol–water partition coefficient (Wildman–Crippen LogP) is 4.39. The molecular formula is C15H31N. The van der Waals surface area contributed by atoms with Crippen molar-refractivity contribution in [2.24, 2.45) is 11.8 Å². The van der Waals surface area contributed by atoms with E-state index < -0.39 is 0 Å². The first-order valence-electron chi connectivity index (χ1n) is 6.98. The largest absolute Gasteiger partial charge is 0.316 e. The van der Waals surface area contributed by atoms with Crippen molar-refractivity contribution in [1.29, 1.82) is 0 Å². The van der Waals surface area contributed by atoms with Crippen molar-refractivity contribution in [3.05, 3.63) is 12.7 Å². The summed E-state index contributed by atoms with van der Waals surface area (Å²) in [6.45, 7) is 13.0. The van der Waals surface area contributed by atoms with Crippen LogP contribution >= 0.6 is 0 Å². The molecule has 0 aliphatic heterocycles. The minimum absolute atomic E-state index is 0.770. The van der Waals surface area contributed by atoms with Crippen LogP contribution in [0.4, 0.5) is 0 Å². The molecule has 0 spiro atoms. The van der Waals surface area contributed by atoms with Crippen molar-refractivity contribution < 1.29 is 0 Å². The van der Waals surface area contributed by atoms with Gasteiger partial charge in [0, 0.05) is 0 Å². The van der Waals surface area contributed by atoms with Gasteiger partial charge in [-0.25, -0.2) is 0 Å². The molecule has 0 aliphatic rings. The van der Waals surface area contributed by atoms with Crippen LogP contribution in [-0.2, 0) is 0 Å². The van der Waals surface area contributed by atoms with Gasteiger partial charge in [0.25, 0.3) is 0 Å². The summed E-state index contributed by atoms with van der Waals surface area (Å²) < 4.78 is 0. The molecule has 0 aromatic carbocycles. The molecule has 16 heavy (non-hydrogen) atoms. The van der Waals surface area contributed by atoms with Gasteiger partial charge in [-0.15, -0.1) is 6.58 Å². The van der Waals surface area contributed by atoms with Crippen LogP contribution in [0.15, 0.2) is 12.7 Å². The Balaban J connectivity index is 3.17. The normalized spacial score (nSPS) is 13.0. The molecule has 0 heterocycles. The first-order chi connectivity index (χ1) is 7.66. The number of unbranched alkanes of at least 4 members (excludes halogenated alkanes) is 4. The molecule has 0 rings (SSSR count). The van der Waals surface area contributed by atoms with E-state index in [0.29, 0.717) is 0 Å². The fourth-order valence-corrected chi connectivity index (χ4v) is 1.86. The maximum Gasteiger partial charge on any atom is -0.00230 e. The Bertz CT molecular complexity index is 152. The molecule has 0 bridgehead atoms. The van der Waals surface area contributed by atoms with Crippen LogP contribution in [0.5, 0.6) is 0 Å². The van der Waals surface area contributed by atoms with E-state index >= 15 is 0 Å². The van der Waals surface area contributed by atoms with Crippen molar-refractivity contribution in [1.82, 2.24) is 5.32 Å². The van der Waals surface area contributed by atoms with Crippen LogP contribution in [0.3, 0.4) is 0 Å². The Morgan fingerprint density at radius 3 is 2.31 bits per heavy atom. The van der Waals surface area contributed by atoms with E-state index in [2.05, 4.69) is 32.7 Å². The highest BCUT2D eigenvalue weighted by Crippen LogP contribution is 2.10. The zero-order chi connectivity index (χ0) is 12.2. The molecule has 0 aromatic rings. The third-order valence-corrected chi connectivity index (χ3v) is 2.90. The maximum atomic E-state index is 3.75. The summed E-state index contributed by atoms with van der Waals surface area (Å²) in [5.41, 5.74) is 0. The monoisotopic (exact) mass is 225 g/mol. The number of hydrogen-bond donors (Lipinski definition) is 1. The van der Waals surface area contributed by atoms with Crippen molar-refractivity contribution in [3.8, 4) is 0 Å². The molecule has 0 fully saturated rings. The number of allylic oxidation sites excluding steroid dienone is 1. The Hall–Kier alpha value is -0.300. The van der Waals surface area contributed by atoms with Gasteiger partial charge in [0.05, 0.1) is 0 Å². The summed E-state index contributed by atoms with van der Waals surface area (Å²) in [6.07, 6.45) is 10.1. The van der Waals surface area contributed by atoms with Gasteiger partial charge in [0.2, 0.25) is 0 Å². The van der Waals surface area contributed by atoms with E-state index in [-0.39, 0.29) is 0 Å². The van der Waals surface area contributed by atoms with Gasteiger partial charge in [-0.1, -0.05) is 46.1 Å². The van der Waals surface area contributed by atoms with Gasteiger partial charge in [-0.05, 0) is 44.2 Å². The Kier molecular flexibility index (Phi) is 11.0. The lowest BCUT2D eigenvalue weighted by Gasteiger charge is -2.13. The number of hydrogen-bond acceptors (Lipinski definition) is 1. The van der Waals surface area contributed by atoms with Crippen molar-refractivity contribution >= 4 is 0 Å². The van der Waals surface area contributed by atoms with Crippen LogP contribution in [0.25, 0.3) is 0 Å². The summed E-state index contributed by atoms with van der Waals surface area (Å²) in [4.78, 5) is 0. The van der Waals surface area contributed by atoms with Gasteiger partial charge < -0.3 is 5.32 Å². The third-order valence-electron chi connectivity index (χ3n) is 2.90. The van der Waals surface area contributed by atoms with Crippen molar-refractivity contribution in [2.75, 3.05) is 13.1 Å². The van der Waals surface area contributed by atoms with E-state index in [4.69, 9.17) is 0 Å². The van der Waals surface area contributed by atoms with Crippen LogP contribution in [0.2, 0.25) is 0 Å². The van der Waals surface area contributed by atoms with Gasteiger partial charge in [0.15, 0.2) is 0 Å². The topological polar surface area (TPSA) is 12.0 Å². The molecule has 0 aromatic heterocycles. The highest BCUT2D eigenvalue weighted by Gasteiger charge is 2.01. The highest BCUT2D eigenvalue weighted by molar-refractivity contribution is 4.65. The lowest BCUT2D eigenvalue weighted by molar-refractivity contribution is 0.435. The zero-order valence-corrected chi connectivity index (χ0v) is 11.6. The fourth-order valence-electron chi connectivity index (χ4n) is 1.86. The molecule has 0 amide bonds. The van der Waals surface area contributed by atoms with Crippen LogP contribution < -0.4 is 5.32 Å². The highest BCUT2D eigenvalue weighted by atomic mass is 14.9. The average Bonchev–Trinajstić information content (AvgIpc) is 2.22. The lowest BCUT2D eigenvalue weighted by atomic mass is 10.0. The van der Waals surface area contributed by atoms with E-state index in [0.717, 1.165) is 18.4 Å². The van der Waals surface area contributed by atoms with Crippen molar-refractivity contribution in [2.45, 2.75) is 59.3 Å². The predicted molar refractivity (Wildman–Crippen MR) is 74.8 cm³/mol. The first-order valence-corrected chi connectivity index (χ1v) is 6.98. The van der Waals surface area contributed by atoms with Gasteiger partial charge in [-0.2, -0.15) is 0 Å².